The molecule has 0 radical (unpaired) electrons. The minimum absolute atomic E-state index is 0.0221. The maximum absolute atomic E-state index is 13.1. The van der Waals surface area contributed by atoms with E-state index in [1.165, 1.54) is 11.8 Å². The molecule has 2 aromatic carbocycles. The number of methoxy groups -OCH3 is 2. The lowest BCUT2D eigenvalue weighted by Crippen LogP contribution is -2.47. The standard InChI is InChI=1S/C22H20ClN3O3S/c1-28-16-6-7-17(20(9-16)29-2)18-10-21(27)26-12-25(13-30-22(26)19(18)11-24)15-5-3-4-14(23)8-15/h3-9,18H,10,12-13H2,1-2H3. The Morgan fingerprint density at radius 3 is 2.73 bits per heavy atom. The molecule has 30 heavy (non-hydrogen) atoms. The molecule has 1 saturated heterocycles. The molecule has 2 aliphatic heterocycles. The van der Waals surface area contributed by atoms with Crippen LogP contribution in [0.15, 0.2) is 53.1 Å². The van der Waals surface area contributed by atoms with Crippen LogP contribution in [0.3, 0.4) is 0 Å². The Morgan fingerprint density at radius 2 is 2.03 bits per heavy atom. The van der Waals surface area contributed by atoms with Crippen LogP contribution in [-0.4, -0.2) is 37.6 Å². The first kappa shape index (κ1) is 20.5. The molecule has 0 aliphatic carbocycles. The minimum Gasteiger partial charge on any atom is -0.497 e. The third kappa shape index (κ3) is 3.69. The van der Waals surface area contributed by atoms with Gasteiger partial charge in [-0.15, -0.1) is 0 Å². The smallest absolute Gasteiger partial charge is 0.229 e. The van der Waals surface area contributed by atoms with Crippen LogP contribution in [0.4, 0.5) is 5.69 Å². The second-order valence-electron chi connectivity index (χ2n) is 6.95. The molecule has 0 saturated carbocycles. The number of thioether (sulfide) groups is 1. The molecule has 1 unspecified atom stereocenters. The van der Waals surface area contributed by atoms with Gasteiger partial charge in [0.2, 0.25) is 5.91 Å². The van der Waals surface area contributed by atoms with E-state index in [-0.39, 0.29) is 18.2 Å². The Bertz CT molecular complexity index is 1070. The normalized spacial score (nSPS) is 18.7. The van der Waals surface area contributed by atoms with Crippen LogP contribution in [0.5, 0.6) is 11.5 Å². The number of halogens is 1. The van der Waals surface area contributed by atoms with E-state index in [1.54, 1.807) is 25.2 Å². The van der Waals surface area contributed by atoms with Gasteiger partial charge in [-0.05, 0) is 24.3 Å². The van der Waals surface area contributed by atoms with E-state index in [9.17, 15) is 10.1 Å². The predicted octanol–water partition coefficient (Wildman–Crippen LogP) is 4.58. The number of benzene rings is 2. The zero-order chi connectivity index (χ0) is 21.3. The number of nitrogens with zero attached hydrogens (tertiary/aromatic N) is 3. The monoisotopic (exact) mass is 441 g/mol. The molecule has 2 heterocycles. The lowest BCUT2D eigenvalue weighted by molar-refractivity contribution is -0.129. The van der Waals surface area contributed by atoms with Gasteiger partial charge in [-0.1, -0.05) is 35.5 Å². The summed E-state index contributed by atoms with van der Waals surface area (Å²) in [5.41, 5.74) is 2.35. The molecule has 0 aromatic heterocycles. The Morgan fingerprint density at radius 1 is 1.20 bits per heavy atom. The fraction of sp³-hybridized carbons (Fsp3) is 0.273. The maximum atomic E-state index is 13.1. The van der Waals surface area contributed by atoms with Crippen molar-refractivity contribution >= 4 is 35.0 Å². The molecule has 154 valence electrons. The molecule has 8 heteroatoms. The molecule has 2 aliphatic rings. The van der Waals surface area contributed by atoms with Crippen LogP contribution in [-0.2, 0) is 4.79 Å². The molecule has 6 nitrogen and oxygen atoms in total. The number of rotatable bonds is 4. The molecule has 0 N–H and O–H groups in total. The summed E-state index contributed by atoms with van der Waals surface area (Å²) >= 11 is 7.62. The van der Waals surface area contributed by atoms with Crippen molar-refractivity contribution in [1.29, 1.82) is 5.26 Å². The first-order chi connectivity index (χ1) is 14.5. The number of anilines is 1. The summed E-state index contributed by atoms with van der Waals surface area (Å²) in [6.07, 6.45) is 0.207. The van der Waals surface area contributed by atoms with Crippen molar-refractivity contribution in [1.82, 2.24) is 4.90 Å². The highest BCUT2D eigenvalue weighted by atomic mass is 35.5. The van der Waals surface area contributed by atoms with Crippen molar-refractivity contribution in [3.63, 3.8) is 0 Å². The largest absolute Gasteiger partial charge is 0.497 e. The van der Waals surface area contributed by atoms with E-state index in [1.807, 2.05) is 36.4 Å². The fourth-order valence-corrected chi connectivity index (χ4v) is 5.12. The van der Waals surface area contributed by atoms with Gasteiger partial charge in [0.25, 0.3) is 0 Å². The van der Waals surface area contributed by atoms with Gasteiger partial charge >= 0.3 is 0 Å². The Labute approximate surface area is 184 Å². The zero-order valence-electron chi connectivity index (χ0n) is 16.6. The second-order valence-corrected chi connectivity index (χ2v) is 8.32. The van der Waals surface area contributed by atoms with Crippen LogP contribution >= 0.6 is 23.4 Å². The average molecular weight is 442 g/mol. The van der Waals surface area contributed by atoms with Crippen LogP contribution in [0, 0.1) is 11.3 Å². The van der Waals surface area contributed by atoms with Crippen molar-refractivity contribution in [3.8, 4) is 17.6 Å². The van der Waals surface area contributed by atoms with E-state index < -0.39 is 0 Å². The van der Waals surface area contributed by atoms with Crippen molar-refractivity contribution in [2.45, 2.75) is 12.3 Å². The van der Waals surface area contributed by atoms with E-state index in [2.05, 4.69) is 11.0 Å². The summed E-state index contributed by atoms with van der Waals surface area (Å²) in [7, 11) is 3.16. The van der Waals surface area contributed by atoms with Crippen LogP contribution < -0.4 is 14.4 Å². The Hall–Kier alpha value is -2.82. The molecule has 4 rings (SSSR count). The molecule has 1 amide bonds. The van der Waals surface area contributed by atoms with Crippen molar-refractivity contribution in [3.05, 3.63) is 63.7 Å². The summed E-state index contributed by atoms with van der Waals surface area (Å²) in [5.74, 6) is 1.52. The number of ether oxygens (including phenoxy) is 2. The Balaban J connectivity index is 1.69. The van der Waals surface area contributed by atoms with Gasteiger partial charge in [-0.2, -0.15) is 5.26 Å². The third-order valence-electron chi connectivity index (χ3n) is 5.28. The van der Waals surface area contributed by atoms with E-state index >= 15 is 0 Å². The second kappa shape index (κ2) is 8.50. The van der Waals surface area contributed by atoms with Crippen LogP contribution in [0.2, 0.25) is 5.02 Å². The SMILES string of the molecule is COc1ccc(C2CC(=O)N3CN(c4cccc(Cl)c4)CSC3=C2C#N)c(OC)c1. The molecule has 0 bridgehead atoms. The van der Waals surface area contributed by atoms with Gasteiger partial charge in [0.05, 0.1) is 43.4 Å². The first-order valence-corrected chi connectivity index (χ1v) is 10.7. The molecule has 0 spiro atoms. The van der Waals surface area contributed by atoms with Gasteiger partial charge in [-0.3, -0.25) is 9.69 Å². The van der Waals surface area contributed by atoms with Gasteiger partial charge in [0, 0.05) is 34.7 Å². The summed E-state index contributed by atoms with van der Waals surface area (Å²) in [6.45, 7) is 0.388. The van der Waals surface area contributed by atoms with Gasteiger partial charge < -0.3 is 14.4 Å². The minimum atomic E-state index is -0.347. The van der Waals surface area contributed by atoms with E-state index in [0.717, 1.165) is 16.3 Å². The van der Waals surface area contributed by atoms with Crippen LogP contribution in [0.25, 0.3) is 0 Å². The molecular weight excluding hydrogens is 422 g/mol. The van der Waals surface area contributed by atoms with Crippen molar-refractivity contribution < 1.29 is 14.3 Å². The number of amides is 1. The highest BCUT2D eigenvalue weighted by molar-refractivity contribution is 8.03. The summed E-state index contributed by atoms with van der Waals surface area (Å²) in [5, 5.41) is 11.3. The highest BCUT2D eigenvalue weighted by Crippen LogP contribution is 2.45. The summed E-state index contributed by atoms with van der Waals surface area (Å²) in [6, 6.07) is 15.4. The van der Waals surface area contributed by atoms with Crippen molar-refractivity contribution in [2.75, 3.05) is 31.7 Å². The quantitative estimate of drug-likeness (QED) is 0.692. The average Bonchev–Trinajstić information content (AvgIpc) is 2.78. The summed E-state index contributed by atoms with van der Waals surface area (Å²) in [4.78, 5) is 16.9. The number of hydrogen-bond donors (Lipinski definition) is 0. The van der Waals surface area contributed by atoms with E-state index in [0.29, 0.717) is 34.6 Å². The topological polar surface area (TPSA) is 65.8 Å². The lowest BCUT2D eigenvalue weighted by Gasteiger charge is -2.42. The predicted molar refractivity (Wildman–Crippen MR) is 118 cm³/mol. The first-order valence-electron chi connectivity index (χ1n) is 9.35. The molecule has 2 aromatic rings. The van der Waals surface area contributed by atoms with E-state index in [4.69, 9.17) is 21.1 Å². The molecular formula is C22H20ClN3O3S. The van der Waals surface area contributed by atoms with Crippen LogP contribution in [0.1, 0.15) is 17.9 Å². The van der Waals surface area contributed by atoms with Gasteiger partial charge in [0.15, 0.2) is 0 Å². The number of allylic oxidation sites excluding steroid dienone is 1. The van der Waals surface area contributed by atoms with Crippen molar-refractivity contribution in [2.24, 2.45) is 0 Å². The van der Waals surface area contributed by atoms with Gasteiger partial charge in [0.1, 0.15) is 11.5 Å². The summed E-state index contributed by atoms with van der Waals surface area (Å²) < 4.78 is 10.8. The number of hydrogen-bond acceptors (Lipinski definition) is 6. The number of nitriles is 1. The fourth-order valence-electron chi connectivity index (χ4n) is 3.77. The number of carbonyl (C=O) groups excluding carboxylic acids is 1. The van der Waals surface area contributed by atoms with Gasteiger partial charge in [-0.25, -0.2) is 0 Å². The highest BCUT2D eigenvalue weighted by Gasteiger charge is 2.39. The number of carbonyl (C=O) groups is 1. The molecule has 1 atom stereocenters. The third-order valence-corrected chi connectivity index (χ3v) is 6.67. The molecule has 1 fully saturated rings. The Kier molecular flexibility index (Phi) is 5.80. The zero-order valence-corrected chi connectivity index (χ0v) is 18.2. The maximum Gasteiger partial charge on any atom is 0.229 e. The number of fused-ring (bicyclic) bond motifs is 1. The lowest BCUT2D eigenvalue weighted by atomic mass is 9.86.